The molecule has 0 radical (unpaired) electrons. The summed E-state index contributed by atoms with van der Waals surface area (Å²) in [5.74, 6) is 0. The van der Waals surface area contributed by atoms with E-state index in [9.17, 15) is 0 Å². The monoisotopic (exact) mass is 650 g/mol. The van der Waals surface area contributed by atoms with Crippen molar-refractivity contribution >= 4 is 275 Å². The third-order valence-corrected chi connectivity index (χ3v) is 0. The van der Waals surface area contributed by atoms with Gasteiger partial charge in [0, 0.05) is 0 Å². The molecule has 2 N–H and O–H groups in total. The molecule has 0 aromatic heterocycles. The summed E-state index contributed by atoms with van der Waals surface area (Å²) in [6.07, 6.45) is 0. The van der Waals surface area contributed by atoms with E-state index in [-0.39, 0.29) is 156 Å². The van der Waals surface area contributed by atoms with Crippen LogP contribution in [0.2, 0.25) is 0 Å². The van der Waals surface area contributed by atoms with Crippen LogP contribution in [0, 0.1) is 0 Å². The second-order valence-electron chi connectivity index (χ2n) is 0.770. The van der Waals surface area contributed by atoms with Crippen molar-refractivity contribution in [1.29, 1.82) is 0 Å². The second-order valence-corrected chi connectivity index (χ2v) is 2.31. The molecule has 29 heteroatoms. The molecule has 0 aliphatic carbocycles. The molecule has 0 spiro atoms. The van der Waals surface area contributed by atoms with E-state index in [0.717, 1.165) is 0 Å². The molecule has 0 bridgehead atoms. The summed E-state index contributed by atoms with van der Waals surface area (Å²) in [5.41, 5.74) is 0. The molecule has 0 saturated carbocycles. The van der Waals surface area contributed by atoms with E-state index in [0.29, 0.717) is 0 Å². The normalized spacial score (nSPS) is 2.21. The van der Waals surface area contributed by atoms with Crippen molar-refractivity contribution < 1.29 is 69.2 Å². The molecular formula is H2Al8Ca4O17. The average molecular weight is 650 g/mol. The van der Waals surface area contributed by atoms with Crippen molar-refractivity contribution in [3.8, 4) is 0 Å². The maximum atomic E-state index is 8.46. The Kier molecular flexibility index (Phi) is 543. The molecule has 0 atom stereocenters. The van der Waals surface area contributed by atoms with Gasteiger partial charge in [0.2, 0.25) is 0 Å². The van der Waals surface area contributed by atoms with Crippen molar-refractivity contribution in [2.45, 2.75) is 0 Å². The van der Waals surface area contributed by atoms with Crippen LogP contribution in [0.4, 0.5) is 0 Å². The molecule has 0 heterocycles. The van der Waals surface area contributed by atoms with Gasteiger partial charge in [0.15, 0.2) is 0 Å². The van der Waals surface area contributed by atoms with Crippen molar-refractivity contribution in [2.75, 3.05) is 0 Å². The Morgan fingerprint density at radius 3 is 0.276 bits per heavy atom. The van der Waals surface area contributed by atoms with Crippen LogP contribution in [0.3, 0.4) is 0 Å². The summed E-state index contributed by atoms with van der Waals surface area (Å²) >= 11 is -14.0. The van der Waals surface area contributed by atoms with Gasteiger partial charge in [-0.3, -0.25) is 0 Å². The number of hydrogen-bond acceptors (Lipinski definition) is 16. The summed E-state index contributed by atoms with van der Waals surface area (Å²) in [6.45, 7) is 0. The van der Waals surface area contributed by atoms with Crippen LogP contribution in [-0.2, 0) is 30.4 Å². The summed E-state index contributed by atoms with van der Waals surface area (Å²) in [5, 5.41) is 0. The Labute approximate surface area is 335 Å². The van der Waals surface area contributed by atoms with E-state index in [1.54, 1.807) is 0 Å². The predicted molar refractivity (Wildman–Crippen MR) is 78.2 cm³/mol. The average Bonchev–Trinajstić information content (AvgIpc) is 2.45. The zero-order valence-corrected chi connectivity index (χ0v) is 32.6. The molecule has 136 valence electrons. The van der Waals surface area contributed by atoms with Gasteiger partial charge in [0.1, 0.15) is 0 Å². The molecule has 0 aromatic rings. The van der Waals surface area contributed by atoms with E-state index >= 15 is 0 Å². The van der Waals surface area contributed by atoms with Gasteiger partial charge < -0.3 is 5.48 Å². The molecular weight excluding hydrogens is 648 g/mol. The van der Waals surface area contributed by atoms with E-state index in [2.05, 4.69) is 0 Å². The van der Waals surface area contributed by atoms with Crippen LogP contribution in [0.25, 0.3) is 0 Å². The van der Waals surface area contributed by atoms with Gasteiger partial charge >= 0.3 is 339 Å². The fourth-order valence-electron chi connectivity index (χ4n) is 0. The molecule has 29 heavy (non-hydrogen) atoms. The topological polar surface area (TPSA) is 353 Å². The van der Waals surface area contributed by atoms with E-state index in [1.165, 1.54) is 0 Å². The molecule has 17 nitrogen and oxygen atoms in total. The first-order valence-corrected chi connectivity index (χ1v) is 11.3. The first kappa shape index (κ1) is 83.6. The molecule has 0 rings (SSSR count). The Balaban J connectivity index is -0.00000000895. The fraction of sp³-hybridized carbons (Fsp3) is 0. The van der Waals surface area contributed by atoms with Crippen LogP contribution < -0.4 is 33.3 Å². The van der Waals surface area contributed by atoms with E-state index in [1.807, 2.05) is 0 Å². The quantitative estimate of drug-likeness (QED) is 0.220. The first-order valence-electron chi connectivity index (χ1n) is 3.77. The van der Waals surface area contributed by atoms with Crippen molar-refractivity contribution in [1.82, 2.24) is 0 Å². The Morgan fingerprint density at radius 1 is 0.276 bits per heavy atom. The van der Waals surface area contributed by atoms with E-state index < -0.39 is 124 Å². The SMILES string of the molecule is O.[Ca+2].[Ca+2].[Ca+2].[Ca+2].[O]=[Al][O-].[O]=[Al][O-].[O]=[Al][O-].[O]=[Al][O-].[O]=[Al][O-].[O]=[Al][O-].[O]=[Al][O-].[O]=[Al][O-]. The van der Waals surface area contributed by atoms with Crippen molar-refractivity contribution in [3.05, 3.63) is 0 Å². The zero-order valence-electron chi connectivity index (χ0n) is 14.5. The first-order chi connectivity index (χ1) is 11.3. The Hall–Kier alpha value is 6.06. The van der Waals surface area contributed by atoms with Gasteiger partial charge in [0.25, 0.3) is 0 Å². The van der Waals surface area contributed by atoms with Crippen LogP contribution in [-0.4, -0.2) is 280 Å². The molecule has 0 saturated heterocycles. The summed E-state index contributed by atoms with van der Waals surface area (Å²) in [4.78, 5) is 0. The predicted octanol–water partition coefficient (Wildman–Crippen LogP) is -15.9. The summed E-state index contributed by atoms with van der Waals surface area (Å²) in [7, 11) is 0. The summed E-state index contributed by atoms with van der Waals surface area (Å²) in [6, 6.07) is 0. The van der Waals surface area contributed by atoms with Crippen LogP contribution in [0.5, 0.6) is 0 Å². The molecule has 0 fully saturated rings. The van der Waals surface area contributed by atoms with Gasteiger partial charge in [0.05, 0.1) is 0 Å². The van der Waals surface area contributed by atoms with Gasteiger partial charge in [-0.1, -0.05) is 0 Å². The maximum absolute atomic E-state index is 8.46. The standard InChI is InChI=1S/8Al.4Ca.H2O.16O/h;;;;;;;;;;;;1H2;;;;;;;;;;;;;;;;/q;;;;;;;;4*+2;;;;;;;;;;8*-1. The zero-order chi connectivity index (χ0) is 21.7. The molecule has 0 aliphatic heterocycles. The number of hydrogen-bond donors (Lipinski definition) is 0. The van der Waals surface area contributed by atoms with Gasteiger partial charge in [-0.2, -0.15) is 0 Å². The second kappa shape index (κ2) is 188. The van der Waals surface area contributed by atoms with E-state index in [4.69, 9.17) is 63.7 Å². The molecule has 0 amide bonds. The van der Waals surface area contributed by atoms with Gasteiger partial charge in [-0.25, -0.2) is 0 Å². The third kappa shape index (κ3) is 954. The minimum atomic E-state index is -1.75. The van der Waals surface area contributed by atoms with Crippen LogP contribution in [0.15, 0.2) is 0 Å². The van der Waals surface area contributed by atoms with Crippen molar-refractivity contribution in [2.24, 2.45) is 0 Å². The minimum absolute atomic E-state index is 0. The Bertz CT molecular complexity index is 171. The molecule has 0 aliphatic rings. The van der Waals surface area contributed by atoms with Gasteiger partial charge in [-0.15, -0.1) is 0 Å². The van der Waals surface area contributed by atoms with Crippen molar-refractivity contribution in [3.63, 3.8) is 0 Å². The van der Waals surface area contributed by atoms with Gasteiger partial charge in [-0.05, 0) is 0 Å². The number of rotatable bonds is 0. The Morgan fingerprint density at radius 2 is 0.276 bits per heavy atom. The molecule has 0 aromatic carbocycles. The third-order valence-electron chi connectivity index (χ3n) is 0. The van der Waals surface area contributed by atoms with Crippen LogP contribution >= 0.6 is 0 Å². The van der Waals surface area contributed by atoms with Crippen LogP contribution in [0.1, 0.15) is 0 Å². The fourth-order valence-corrected chi connectivity index (χ4v) is 0. The molecule has 0 unspecified atom stereocenters. The summed E-state index contributed by atoms with van der Waals surface area (Å²) < 4.78 is 135.